The number of aryl methyl sites for hydroxylation is 1. The minimum absolute atomic E-state index is 0.143. The van der Waals surface area contributed by atoms with Crippen LogP contribution in [0.15, 0.2) is 35.1 Å². The number of benzene rings is 1. The molecule has 0 amide bonds. The smallest absolute Gasteiger partial charge is 0.277 e. The number of hydrogen-bond donors (Lipinski definition) is 0. The molecule has 5 heteroatoms. The van der Waals surface area contributed by atoms with E-state index >= 15 is 0 Å². The first-order valence-electron chi connectivity index (χ1n) is 7.35. The van der Waals surface area contributed by atoms with E-state index in [1.54, 1.807) is 7.05 Å². The van der Waals surface area contributed by atoms with Crippen molar-refractivity contribution in [3.05, 3.63) is 46.2 Å². The van der Waals surface area contributed by atoms with Gasteiger partial charge >= 0.3 is 0 Å². The molecule has 0 aliphatic rings. The zero-order valence-corrected chi connectivity index (χ0v) is 13.1. The fourth-order valence-electron chi connectivity index (χ4n) is 2.08. The van der Waals surface area contributed by atoms with Crippen LogP contribution in [0, 0.1) is 0 Å². The summed E-state index contributed by atoms with van der Waals surface area (Å²) in [6.45, 7) is 4.15. The summed E-state index contributed by atoms with van der Waals surface area (Å²) in [6.07, 6.45) is 2.07. The Morgan fingerprint density at radius 1 is 1.32 bits per heavy atom. The Bertz CT molecular complexity index is 735. The normalized spacial score (nSPS) is 10.5. The van der Waals surface area contributed by atoms with E-state index in [2.05, 4.69) is 12.0 Å². The summed E-state index contributed by atoms with van der Waals surface area (Å²) in [6, 6.07) is 9.04. The number of hydrogen-bond acceptors (Lipinski definition) is 4. The van der Waals surface area contributed by atoms with Crippen molar-refractivity contribution in [2.45, 2.75) is 26.7 Å². The number of unbranched alkanes of at least 4 members (excludes halogenated alkanes) is 1. The Morgan fingerprint density at radius 2 is 2.09 bits per heavy atom. The zero-order valence-electron chi connectivity index (χ0n) is 13.1. The second-order valence-corrected chi connectivity index (χ2v) is 5.16. The number of ketones is 1. The minimum Gasteiger partial charge on any atom is -0.494 e. The lowest BCUT2D eigenvalue weighted by molar-refractivity contribution is 0.101. The van der Waals surface area contributed by atoms with Crippen molar-refractivity contribution in [1.29, 1.82) is 0 Å². The molecule has 1 heterocycles. The third-order valence-corrected chi connectivity index (χ3v) is 3.34. The molecule has 0 radical (unpaired) electrons. The third-order valence-electron chi connectivity index (χ3n) is 3.34. The monoisotopic (exact) mass is 300 g/mol. The average Bonchev–Trinajstić information content (AvgIpc) is 2.50. The molecule has 22 heavy (non-hydrogen) atoms. The molecule has 0 saturated carbocycles. The molecule has 2 rings (SSSR count). The van der Waals surface area contributed by atoms with Crippen LogP contribution in [0.3, 0.4) is 0 Å². The number of Topliss-reactive ketones (excluding diaryl/α,β-unsaturated/α-hetero) is 1. The van der Waals surface area contributed by atoms with Gasteiger partial charge in [0.2, 0.25) is 0 Å². The van der Waals surface area contributed by atoms with Gasteiger partial charge in [0, 0.05) is 12.6 Å². The van der Waals surface area contributed by atoms with Crippen LogP contribution in [-0.4, -0.2) is 22.2 Å². The van der Waals surface area contributed by atoms with E-state index in [0.717, 1.165) is 24.2 Å². The molecule has 0 aliphatic carbocycles. The van der Waals surface area contributed by atoms with Gasteiger partial charge in [-0.05, 0) is 31.5 Å². The molecular formula is C17H20N2O3. The molecule has 0 spiro atoms. The second kappa shape index (κ2) is 7.02. The molecule has 2 aromatic rings. The van der Waals surface area contributed by atoms with Crippen molar-refractivity contribution in [2.24, 2.45) is 7.05 Å². The van der Waals surface area contributed by atoms with E-state index in [-0.39, 0.29) is 16.9 Å². The molecule has 5 nitrogen and oxygen atoms in total. The van der Waals surface area contributed by atoms with Gasteiger partial charge in [-0.3, -0.25) is 9.59 Å². The van der Waals surface area contributed by atoms with Crippen LogP contribution in [0.1, 0.15) is 37.0 Å². The van der Waals surface area contributed by atoms with Crippen LogP contribution >= 0.6 is 0 Å². The van der Waals surface area contributed by atoms with Crippen LogP contribution in [-0.2, 0) is 7.05 Å². The van der Waals surface area contributed by atoms with Crippen LogP contribution in [0.25, 0.3) is 11.3 Å². The van der Waals surface area contributed by atoms with Crippen molar-refractivity contribution in [3.8, 4) is 17.0 Å². The highest BCUT2D eigenvalue weighted by Crippen LogP contribution is 2.22. The maximum Gasteiger partial charge on any atom is 0.277 e. The fraction of sp³-hybridized carbons (Fsp3) is 0.353. The van der Waals surface area contributed by atoms with E-state index in [4.69, 9.17) is 4.74 Å². The summed E-state index contributed by atoms with van der Waals surface area (Å²) in [7, 11) is 1.54. The molecule has 116 valence electrons. The van der Waals surface area contributed by atoms with Crippen LogP contribution in [0.4, 0.5) is 0 Å². The van der Waals surface area contributed by atoms with Crippen molar-refractivity contribution in [3.63, 3.8) is 0 Å². The average molecular weight is 300 g/mol. The quantitative estimate of drug-likeness (QED) is 0.608. The van der Waals surface area contributed by atoms with Crippen molar-refractivity contribution in [2.75, 3.05) is 6.61 Å². The maximum atomic E-state index is 11.9. The third kappa shape index (κ3) is 3.61. The summed E-state index contributed by atoms with van der Waals surface area (Å²) in [4.78, 5) is 23.5. The van der Waals surface area contributed by atoms with Gasteiger partial charge in [-0.15, -0.1) is 0 Å². The molecule has 0 aliphatic heterocycles. The number of nitrogens with zero attached hydrogens (tertiary/aromatic N) is 2. The molecule has 0 atom stereocenters. The minimum atomic E-state index is -0.383. The Kier molecular flexibility index (Phi) is 5.09. The lowest BCUT2D eigenvalue weighted by atomic mass is 10.1. The topological polar surface area (TPSA) is 61.2 Å². The number of aromatic nitrogens is 2. The standard InChI is InChI=1S/C17H20N2O3/c1-4-5-9-22-14-8-6-7-13(10-14)16-11-15(12(2)20)17(21)19(3)18-16/h6-8,10-11H,4-5,9H2,1-3H3. The summed E-state index contributed by atoms with van der Waals surface area (Å²) >= 11 is 0. The summed E-state index contributed by atoms with van der Waals surface area (Å²) < 4.78 is 6.87. The summed E-state index contributed by atoms with van der Waals surface area (Å²) in [5.41, 5.74) is 1.15. The van der Waals surface area contributed by atoms with Gasteiger partial charge in [0.05, 0.1) is 17.9 Å². The molecule has 0 fully saturated rings. The molecule has 0 saturated heterocycles. The number of rotatable bonds is 6. The lowest BCUT2D eigenvalue weighted by Crippen LogP contribution is -2.25. The molecule has 0 bridgehead atoms. The molecule has 0 N–H and O–H groups in total. The second-order valence-electron chi connectivity index (χ2n) is 5.16. The first kappa shape index (κ1) is 15.9. The van der Waals surface area contributed by atoms with Gasteiger partial charge in [0.25, 0.3) is 5.56 Å². The SMILES string of the molecule is CCCCOc1cccc(-c2cc(C(C)=O)c(=O)n(C)n2)c1. The fourth-order valence-corrected chi connectivity index (χ4v) is 2.08. The van der Waals surface area contributed by atoms with Gasteiger partial charge in [-0.2, -0.15) is 5.10 Å². The Balaban J connectivity index is 2.37. The van der Waals surface area contributed by atoms with E-state index in [0.29, 0.717) is 12.3 Å². The zero-order chi connectivity index (χ0) is 16.1. The highest BCUT2D eigenvalue weighted by molar-refractivity contribution is 5.94. The predicted molar refractivity (Wildman–Crippen MR) is 85.3 cm³/mol. The summed E-state index contributed by atoms with van der Waals surface area (Å²) in [5, 5.41) is 4.22. The van der Waals surface area contributed by atoms with Crippen LogP contribution in [0.5, 0.6) is 5.75 Å². The van der Waals surface area contributed by atoms with Gasteiger partial charge in [0.1, 0.15) is 5.75 Å². The van der Waals surface area contributed by atoms with Crippen molar-refractivity contribution in [1.82, 2.24) is 9.78 Å². The Morgan fingerprint density at radius 3 is 2.77 bits per heavy atom. The lowest BCUT2D eigenvalue weighted by Gasteiger charge is -2.09. The van der Waals surface area contributed by atoms with Crippen molar-refractivity contribution < 1.29 is 9.53 Å². The molecule has 0 unspecified atom stereocenters. The Labute approximate surface area is 129 Å². The summed E-state index contributed by atoms with van der Waals surface area (Å²) in [5.74, 6) is 0.491. The first-order valence-corrected chi connectivity index (χ1v) is 7.35. The van der Waals surface area contributed by atoms with E-state index in [1.165, 1.54) is 17.7 Å². The van der Waals surface area contributed by atoms with Crippen molar-refractivity contribution >= 4 is 5.78 Å². The number of ether oxygens (including phenoxy) is 1. The first-order chi connectivity index (χ1) is 10.5. The highest BCUT2D eigenvalue weighted by atomic mass is 16.5. The van der Waals surface area contributed by atoms with Gasteiger partial charge in [0.15, 0.2) is 5.78 Å². The number of carbonyl (C=O) groups excluding carboxylic acids is 1. The number of carbonyl (C=O) groups is 1. The van der Waals surface area contributed by atoms with Gasteiger partial charge in [-0.25, -0.2) is 4.68 Å². The highest BCUT2D eigenvalue weighted by Gasteiger charge is 2.12. The van der Waals surface area contributed by atoms with Gasteiger partial charge < -0.3 is 4.74 Å². The van der Waals surface area contributed by atoms with E-state index in [9.17, 15) is 9.59 Å². The maximum absolute atomic E-state index is 11.9. The van der Waals surface area contributed by atoms with Crippen LogP contribution < -0.4 is 10.3 Å². The van der Waals surface area contributed by atoms with E-state index < -0.39 is 0 Å². The van der Waals surface area contributed by atoms with Gasteiger partial charge in [-0.1, -0.05) is 25.5 Å². The molecular weight excluding hydrogens is 280 g/mol. The largest absolute Gasteiger partial charge is 0.494 e. The van der Waals surface area contributed by atoms with E-state index in [1.807, 2.05) is 24.3 Å². The Hall–Kier alpha value is -2.43. The molecule has 1 aromatic heterocycles. The molecule has 1 aromatic carbocycles. The predicted octanol–water partition coefficient (Wildman–Crippen LogP) is 2.83. The van der Waals surface area contributed by atoms with Crippen LogP contribution in [0.2, 0.25) is 0 Å².